The molecule has 0 unspecified atom stereocenters. The van der Waals surface area contributed by atoms with E-state index in [0.717, 1.165) is 22.0 Å². The van der Waals surface area contributed by atoms with Crippen LogP contribution < -0.4 is 9.47 Å². The number of nitrogens with zero attached hydrogens (tertiary/aromatic N) is 1. The largest absolute Gasteiger partial charge is 0.493 e. The van der Waals surface area contributed by atoms with E-state index >= 15 is 0 Å². The second-order valence-corrected chi connectivity index (χ2v) is 9.14. The van der Waals surface area contributed by atoms with E-state index < -0.39 is 5.97 Å². The van der Waals surface area contributed by atoms with Crippen molar-refractivity contribution in [1.29, 1.82) is 0 Å². The van der Waals surface area contributed by atoms with E-state index in [4.69, 9.17) is 19.3 Å². The van der Waals surface area contributed by atoms with Crippen LogP contribution in [0.2, 0.25) is 0 Å². The zero-order valence-electron chi connectivity index (χ0n) is 19.4. The number of carbonyl (C=O) groups is 2. The lowest BCUT2D eigenvalue weighted by Gasteiger charge is -2.25. The lowest BCUT2D eigenvalue weighted by molar-refractivity contribution is -0.136. The van der Waals surface area contributed by atoms with Crippen molar-refractivity contribution in [2.24, 2.45) is 0 Å². The van der Waals surface area contributed by atoms with Gasteiger partial charge in [0.05, 0.1) is 26.1 Å². The third-order valence-corrected chi connectivity index (χ3v) is 6.42. The van der Waals surface area contributed by atoms with Crippen LogP contribution in [0.15, 0.2) is 71.2 Å². The number of cyclic esters (lactones) is 1. The van der Waals surface area contributed by atoms with Gasteiger partial charge in [0.1, 0.15) is 11.9 Å². The molecule has 0 aromatic heterocycles. The number of ether oxygens (including phenoxy) is 3. The normalized spacial score (nSPS) is 17.2. The first-order chi connectivity index (χ1) is 16.9. The average molecular weight is 540 g/mol. The molecule has 1 saturated heterocycles. The van der Waals surface area contributed by atoms with Gasteiger partial charge >= 0.3 is 12.1 Å². The Morgan fingerprint density at radius 1 is 1.06 bits per heavy atom. The first-order valence-corrected chi connectivity index (χ1v) is 12.1. The molecule has 182 valence electrons. The summed E-state index contributed by atoms with van der Waals surface area (Å²) in [6.45, 7) is 2.32. The smallest absolute Gasteiger partial charge is 0.411 e. The van der Waals surface area contributed by atoms with Gasteiger partial charge in [-0.05, 0) is 47.9 Å². The molecule has 35 heavy (non-hydrogen) atoms. The third-order valence-electron chi connectivity index (χ3n) is 5.93. The van der Waals surface area contributed by atoms with Crippen LogP contribution in [0.1, 0.15) is 36.1 Å². The van der Waals surface area contributed by atoms with Crippen molar-refractivity contribution in [2.75, 3.05) is 7.11 Å². The Hall–Kier alpha value is -3.52. The summed E-state index contributed by atoms with van der Waals surface area (Å²) in [5, 5.41) is 9.16. The summed E-state index contributed by atoms with van der Waals surface area (Å²) in [5.41, 5.74) is 2.32. The topological polar surface area (TPSA) is 85.3 Å². The molecule has 1 aliphatic heterocycles. The fourth-order valence-electron chi connectivity index (χ4n) is 4.26. The molecule has 0 spiro atoms. The first kappa shape index (κ1) is 24.6. The average Bonchev–Trinajstić information content (AvgIpc) is 3.16. The minimum atomic E-state index is -0.934. The van der Waals surface area contributed by atoms with Crippen LogP contribution in [0, 0.1) is 0 Å². The van der Waals surface area contributed by atoms with Gasteiger partial charge in [-0.1, -0.05) is 59.3 Å². The van der Waals surface area contributed by atoms with Gasteiger partial charge in [-0.15, -0.1) is 0 Å². The van der Waals surface area contributed by atoms with Crippen molar-refractivity contribution in [3.8, 4) is 17.2 Å². The van der Waals surface area contributed by atoms with Crippen molar-refractivity contribution in [1.82, 2.24) is 4.90 Å². The van der Waals surface area contributed by atoms with Gasteiger partial charge in [0.25, 0.3) is 0 Å². The molecule has 1 heterocycles. The van der Waals surface area contributed by atoms with Gasteiger partial charge in [-0.25, -0.2) is 4.79 Å². The number of rotatable bonds is 9. The molecule has 0 saturated carbocycles. The van der Waals surface area contributed by atoms with Gasteiger partial charge in [-0.3, -0.25) is 9.69 Å². The summed E-state index contributed by atoms with van der Waals surface area (Å²) in [7, 11) is 1.53. The predicted octanol–water partition coefficient (Wildman–Crippen LogP) is 6.35. The van der Waals surface area contributed by atoms with E-state index in [1.165, 1.54) is 7.11 Å². The van der Waals surface area contributed by atoms with Crippen LogP contribution in [0.4, 0.5) is 4.79 Å². The number of methoxy groups -OCH3 is 1. The number of aliphatic carboxylic acids is 1. The van der Waals surface area contributed by atoms with Crippen LogP contribution >= 0.6 is 15.9 Å². The highest BCUT2D eigenvalue weighted by atomic mass is 79.9. The number of halogens is 1. The summed E-state index contributed by atoms with van der Waals surface area (Å²) in [6, 6.07) is 20.2. The van der Waals surface area contributed by atoms with Gasteiger partial charge < -0.3 is 19.3 Å². The second-order valence-electron chi connectivity index (χ2n) is 8.23. The maximum Gasteiger partial charge on any atom is 0.411 e. The molecule has 2 atom stereocenters. The highest BCUT2D eigenvalue weighted by molar-refractivity contribution is 9.10. The molecule has 1 aliphatic rings. The Balaban J connectivity index is 1.63. The summed E-state index contributed by atoms with van der Waals surface area (Å²) in [4.78, 5) is 25.8. The second kappa shape index (κ2) is 10.8. The van der Waals surface area contributed by atoms with Gasteiger partial charge in [0.15, 0.2) is 11.5 Å². The fourth-order valence-corrected chi connectivity index (χ4v) is 4.67. The predicted molar refractivity (Wildman–Crippen MR) is 134 cm³/mol. The van der Waals surface area contributed by atoms with E-state index in [1.807, 2.05) is 49.4 Å². The zero-order valence-corrected chi connectivity index (χ0v) is 21.0. The highest BCUT2D eigenvalue weighted by Crippen LogP contribution is 2.39. The van der Waals surface area contributed by atoms with Crippen molar-refractivity contribution >= 4 is 28.0 Å². The summed E-state index contributed by atoms with van der Waals surface area (Å²) in [5.74, 6) is 0.471. The van der Waals surface area contributed by atoms with Gasteiger partial charge in [-0.2, -0.15) is 0 Å². The van der Waals surface area contributed by atoms with E-state index in [9.17, 15) is 9.59 Å². The minimum Gasteiger partial charge on any atom is -0.493 e. The number of carbonyl (C=O) groups excluding carboxylic acids is 1. The van der Waals surface area contributed by atoms with E-state index in [2.05, 4.69) is 15.9 Å². The van der Waals surface area contributed by atoms with Crippen LogP contribution in [-0.2, 0) is 22.5 Å². The number of amides is 1. The van der Waals surface area contributed by atoms with Crippen molar-refractivity contribution < 1.29 is 28.9 Å². The number of hydrogen-bond acceptors (Lipinski definition) is 5. The number of carboxylic acids is 1. The van der Waals surface area contributed by atoms with E-state index in [0.29, 0.717) is 22.8 Å². The summed E-state index contributed by atoms with van der Waals surface area (Å²) in [6.07, 6.45) is -0.136. The highest BCUT2D eigenvalue weighted by Gasteiger charge is 2.41. The molecular weight excluding hydrogens is 514 g/mol. The number of carboxylic acid groups (broad SMARTS) is 1. The molecule has 8 heteroatoms. The maximum absolute atomic E-state index is 12.9. The molecule has 0 bridgehead atoms. The van der Waals surface area contributed by atoms with Crippen molar-refractivity contribution in [3.05, 3.63) is 87.9 Å². The van der Waals surface area contributed by atoms with E-state index in [-0.39, 0.29) is 31.2 Å². The Morgan fingerprint density at radius 2 is 1.80 bits per heavy atom. The van der Waals surface area contributed by atoms with Crippen LogP contribution in [0.5, 0.6) is 17.2 Å². The quantitative estimate of drug-likeness (QED) is 0.341. The Morgan fingerprint density at radius 3 is 2.49 bits per heavy atom. The molecule has 1 amide bonds. The monoisotopic (exact) mass is 539 g/mol. The zero-order chi connectivity index (χ0) is 24.9. The Kier molecular flexibility index (Phi) is 7.60. The van der Waals surface area contributed by atoms with E-state index in [1.54, 1.807) is 29.2 Å². The summed E-state index contributed by atoms with van der Waals surface area (Å²) < 4.78 is 18.3. The molecular formula is C27H26BrNO6. The number of hydrogen-bond donors (Lipinski definition) is 1. The van der Waals surface area contributed by atoms with Gasteiger partial charge in [0, 0.05) is 10.0 Å². The van der Waals surface area contributed by atoms with Crippen molar-refractivity contribution in [3.63, 3.8) is 0 Å². The molecule has 7 nitrogen and oxygen atoms in total. The fraction of sp³-hybridized carbons (Fsp3) is 0.259. The van der Waals surface area contributed by atoms with Crippen LogP contribution in [0.25, 0.3) is 0 Å². The minimum absolute atomic E-state index is 0.133. The molecule has 1 N–H and O–H groups in total. The molecule has 0 radical (unpaired) electrons. The Bertz CT molecular complexity index is 1220. The molecule has 1 fully saturated rings. The lowest BCUT2D eigenvalue weighted by Crippen LogP contribution is -2.33. The third kappa shape index (κ3) is 5.59. The molecule has 4 rings (SSSR count). The first-order valence-electron chi connectivity index (χ1n) is 11.3. The van der Waals surface area contributed by atoms with Crippen LogP contribution in [0.3, 0.4) is 0 Å². The van der Waals surface area contributed by atoms with Crippen LogP contribution in [-0.4, -0.2) is 35.2 Å². The SMILES string of the molecule is CC[C@@H]1[C@H](c2ccccc2)OC(=O)N1Cc1cc(Br)ccc1Oc1cc(CC(=O)O)ccc1OC. The maximum atomic E-state index is 12.9. The van der Waals surface area contributed by atoms with Crippen molar-refractivity contribution in [2.45, 2.75) is 38.5 Å². The number of benzene rings is 3. The summed E-state index contributed by atoms with van der Waals surface area (Å²) >= 11 is 3.51. The Labute approximate surface area is 212 Å². The molecule has 3 aromatic carbocycles. The van der Waals surface area contributed by atoms with Gasteiger partial charge in [0.2, 0.25) is 0 Å². The lowest BCUT2D eigenvalue weighted by atomic mass is 9.99. The molecule has 3 aromatic rings. The standard InChI is InChI=1S/C27H26BrNO6/c1-3-21-26(18-7-5-4-6-8-18)35-27(32)29(21)16-19-15-20(28)10-12-22(19)34-24-13-17(14-25(30)31)9-11-23(24)33-2/h4-13,15,21,26H,3,14,16H2,1-2H3,(H,30,31)/t21-,26+/m1/s1. The molecule has 0 aliphatic carbocycles.